The lowest BCUT2D eigenvalue weighted by atomic mass is 9.99. The number of hydrogen-bond donors (Lipinski definition) is 2. The van der Waals surface area contributed by atoms with Gasteiger partial charge in [0.2, 0.25) is 23.6 Å². The predicted octanol–water partition coefficient (Wildman–Crippen LogP) is 4.22. The topological polar surface area (TPSA) is 115 Å². The van der Waals surface area contributed by atoms with Gasteiger partial charge in [-0.2, -0.15) is 0 Å². The fraction of sp³-hybridized carbons (Fsp3) is 0.483. The van der Waals surface area contributed by atoms with Gasteiger partial charge in [-0.05, 0) is 62.0 Å². The van der Waals surface area contributed by atoms with Crippen LogP contribution < -0.4 is 4.74 Å². The number of likely N-dealkylation sites (N-methyl/N-ethyl adjacent to an activating group) is 2. The van der Waals surface area contributed by atoms with Gasteiger partial charge in [0.25, 0.3) is 0 Å². The molecule has 2 N–H and O–H groups in total. The van der Waals surface area contributed by atoms with Crippen LogP contribution in [-0.4, -0.2) is 89.0 Å². The standard InChI is InChI=1S/C29H40N4O5/c1-7-8-19-38-23-15-12-22(13-16-23)14-17-25(34)31-24-11-9-10-18-30-27(35)21(4)32(5)29(37)26(20(2)3)33(6)28(24)36/h8,12-17,20-21,24,26H,1,9-11,18-19H2,2-6H3,(H,30,35)(H,31,34). The summed E-state index contributed by atoms with van der Waals surface area (Å²) in [6.07, 6.45) is 6.41. The molecule has 0 spiro atoms. The average Bonchev–Trinajstić information content (AvgIpc) is 2.90. The fourth-order valence-electron chi connectivity index (χ4n) is 4.11. The van der Waals surface area contributed by atoms with Crippen LogP contribution in [0.1, 0.15) is 45.6 Å². The zero-order chi connectivity index (χ0) is 28.2. The van der Waals surface area contributed by atoms with Gasteiger partial charge in [-0.1, -0.05) is 32.6 Å². The molecule has 0 bridgehead atoms. The quantitative estimate of drug-likeness (QED) is 0.315. The molecule has 0 saturated carbocycles. The van der Waals surface area contributed by atoms with Crippen molar-refractivity contribution in [2.24, 2.45) is 15.9 Å². The van der Waals surface area contributed by atoms with Crippen molar-refractivity contribution >= 4 is 29.7 Å². The third-order valence-corrected chi connectivity index (χ3v) is 6.47. The van der Waals surface area contributed by atoms with E-state index >= 15 is 0 Å². The Labute approximate surface area is 225 Å². The largest absolute Gasteiger partial charge is 0.495 e. The Bertz CT molecular complexity index is 1090. The van der Waals surface area contributed by atoms with Crippen molar-refractivity contribution in [1.29, 1.82) is 0 Å². The summed E-state index contributed by atoms with van der Waals surface area (Å²) in [5.74, 6) is -0.542. The highest BCUT2D eigenvalue weighted by atomic mass is 16.5. The van der Waals surface area contributed by atoms with Gasteiger partial charge in [0.05, 0.1) is 0 Å². The van der Waals surface area contributed by atoms with E-state index in [2.05, 4.69) is 22.3 Å². The molecule has 1 heterocycles. The SMILES string of the molecule is C=C=CCOc1ccc(C=CC(O)=NC2CCCCN=C(O)C(C)N(C)C(=O)C(C(C)C)N(C)C2=O)cc1. The van der Waals surface area contributed by atoms with Crippen LogP contribution in [0.2, 0.25) is 0 Å². The minimum Gasteiger partial charge on any atom is -0.495 e. The summed E-state index contributed by atoms with van der Waals surface area (Å²) in [6, 6.07) is 5.04. The number of benzene rings is 1. The van der Waals surface area contributed by atoms with E-state index in [1.54, 1.807) is 45.3 Å². The highest BCUT2D eigenvalue weighted by molar-refractivity contribution is 5.95. The number of aliphatic hydroxyl groups is 2. The van der Waals surface area contributed by atoms with Gasteiger partial charge in [0, 0.05) is 26.7 Å². The minimum atomic E-state index is -0.867. The highest BCUT2D eigenvalue weighted by Gasteiger charge is 2.36. The van der Waals surface area contributed by atoms with Crippen molar-refractivity contribution < 1.29 is 24.5 Å². The Morgan fingerprint density at radius 2 is 1.89 bits per heavy atom. The molecular formula is C29H40N4O5. The molecule has 0 aliphatic carbocycles. The second-order valence-electron chi connectivity index (χ2n) is 9.62. The number of aliphatic imine (C=N–C) groups is 2. The molecular weight excluding hydrogens is 484 g/mol. The summed E-state index contributed by atoms with van der Waals surface area (Å²) in [6.45, 7) is 9.66. The molecule has 0 saturated heterocycles. The van der Waals surface area contributed by atoms with Crippen molar-refractivity contribution in [3.05, 3.63) is 54.3 Å². The monoisotopic (exact) mass is 524 g/mol. The third-order valence-electron chi connectivity index (χ3n) is 6.47. The lowest BCUT2D eigenvalue weighted by molar-refractivity contribution is -0.146. The van der Waals surface area contributed by atoms with E-state index < -0.39 is 18.1 Å². The van der Waals surface area contributed by atoms with Crippen LogP contribution in [0, 0.1) is 5.92 Å². The number of carbonyl (C=O) groups excluding carboxylic acids is 2. The molecule has 38 heavy (non-hydrogen) atoms. The van der Waals surface area contributed by atoms with E-state index in [0.717, 1.165) is 5.56 Å². The fourth-order valence-corrected chi connectivity index (χ4v) is 4.11. The number of ether oxygens (including phenoxy) is 1. The first-order valence-corrected chi connectivity index (χ1v) is 12.9. The van der Waals surface area contributed by atoms with Crippen molar-refractivity contribution in [1.82, 2.24) is 9.80 Å². The van der Waals surface area contributed by atoms with E-state index in [4.69, 9.17) is 4.74 Å². The summed E-state index contributed by atoms with van der Waals surface area (Å²) < 4.78 is 5.52. The van der Waals surface area contributed by atoms with Crippen LogP contribution >= 0.6 is 0 Å². The summed E-state index contributed by atoms with van der Waals surface area (Å²) in [7, 11) is 3.18. The van der Waals surface area contributed by atoms with Crippen LogP contribution in [0.15, 0.2) is 58.7 Å². The van der Waals surface area contributed by atoms with E-state index in [9.17, 15) is 19.8 Å². The van der Waals surface area contributed by atoms with Gasteiger partial charge >= 0.3 is 0 Å². The Morgan fingerprint density at radius 3 is 2.53 bits per heavy atom. The molecule has 1 aromatic carbocycles. The van der Waals surface area contributed by atoms with E-state index in [1.807, 2.05) is 26.0 Å². The number of rotatable bonds is 7. The molecule has 0 radical (unpaired) electrons. The minimum absolute atomic E-state index is 0.109. The third kappa shape index (κ3) is 8.63. The number of nitrogens with zero attached hydrogens (tertiary/aromatic N) is 4. The molecule has 1 aliphatic rings. The van der Waals surface area contributed by atoms with Gasteiger partial charge in [0.15, 0.2) is 0 Å². The molecule has 3 atom stereocenters. The molecule has 9 heteroatoms. The van der Waals surface area contributed by atoms with Crippen LogP contribution in [-0.2, 0) is 9.59 Å². The normalized spacial score (nSPS) is 22.4. The lowest BCUT2D eigenvalue weighted by Gasteiger charge is -2.36. The highest BCUT2D eigenvalue weighted by Crippen LogP contribution is 2.19. The zero-order valence-corrected chi connectivity index (χ0v) is 23.0. The second kappa shape index (κ2) is 14.8. The summed E-state index contributed by atoms with van der Waals surface area (Å²) >= 11 is 0. The molecule has 2 rings (SSSR count). The summed E-state index contributed by atoms with van der Waals surface area (Å²) in [5, 5.41) is 20.9. The Morgan fingerprint density at radius 1 is 1.21 bits per heavy atom. The first-order valence-electron chi connectivity index (χ1n) is 12.9. The molecule has 2 amide bonds. The van der Waals surface area contributed by atoms with E-state index in [1.165, 1.54) is 15.9 Å². The predicted molar refractivity (Wildman–Crippen MR) is 151 cm³/mol. The van der Waals surface area contributed by atoms with Crippen molar-refractivity contribution in [3.63, 3.8) is 0 Å². The zero-order valence-electron chi connectivity index (χ0n) is 23.0. The lowest BCUT2D eigenvalue weighted by Crippen LogP contribution is -2.55. The molecule has 0 fully saturated rings. The Hall–Kier alpha value is -3.84. The van der Waals surface area contributed by atoms with Gasteiger partial charge in [-0.15, -0.1) is 5.73 Å². The molecule has 206 valence electrons. The maximum Gasteiger partial charge on any atom is 0.247 e. The van der Waals surface area contributed by atoms with Crippen molar-refractivity contribution in [2.75, 3.05) is 27.2 Å². The van der Waals surface area contributed by atoms with Crippen LogP contribution in [0.5, 0.6) is 5.75 Å². The van der Waals surface area contributed by atoms with Gasteiger partial charge in [0.1, 0.15) is 30.5 Å². The Kier molecular flexibility index (Phi) is 11.8. The van der Waals surface area contributed by atoms with E-state index in [-0.39, 0.29) is 29.5 Å². The van der Waals surface area contributed by atoms with Crippen molar-refractivity contribution in [2.45, 2.75) is 58.2 Å². The first-order chi connectivity index (χ1) is 18.1. The van der Waals surface area contributed by atoms with Crippen LogP contribution in [0.25, 0.3) is 6.08 Å². The van der Waals surface area contributed by atoms with Gasteiger partial charge in [-0.25, -0.2) is 4.99 Å². The number of hydrogen-bond acceptors (Lipinski definition) is 5. The van der Waals surface area contributed by atoms with Gasteiger partial charge < -0.3 is 24.7 Å². The molecule has 9 nitrogen and oxygen atoms in total. The smallest absolute Gasteiger partial charge is 0.247 e. The van der Waals surface area contributed by atoms with Crippen molar-refractivity contribution in [3.8, 4) is 5.75 Å². The van der Waals surface area contributed by atoms with Crippen LogP contribution in [0.3, 0.4) is 0 Å². The molecule has 1 aliphatic heterocycles. The maximum atomic E-state index is 13.5. The average molecular weight is 525 g/mol. The van der Waals surface area contributed by atoms with E-state index in [0.29, 0.717) is 38.2 Å². The number of carbonyl (C=O) groups is 2. The first kappa shape index (κ1) is 30.4. The summed E-state index contributed by atoms with van der Waals surface area (Å²) in [5.41, 5.74) is 3.46. The summed E-state index contributed by atoms with van der Waals surface area (Å²) in [4.78, 5) is 38.2. The second-order valence-corrected chi connectivity index (χ2v) is 9.62. The Balaban J connectivity index is 2.27. The van der Waals surface area contributed by atoms with Gasteiger partial charge in [-0.3, -0.25) is 14.6 Å². The molecule has 3 unspecified atom stereocenters. The molecule has 1 aromatic rings. The molecule has 0 aromatic heterocycles. The maximum absolute atomic E-state index is 13.5. The number of amides is 2. The number of aliphatic hydroxyl groups excluding tert-OH is 2. The van der Waals surface area contributed by atoms with Crippen LogP contribution in [0.4, 0.5) is 0 Å².